The van der Waals surface area contributed by atoms with Gasteiger partial charge in [0.15, 0.2) is 15.2 Å². The topological polar surface area (TPSA) is 117 Å². The number of aryl methyl sites for hydroxylation is 2. The molecule has 0 saturated carbocycles. The minimum absolute atomic E-state index is 0.0376. The highest BCUT2D eigenvalue weighted by Gasteiger charge is 2.28. The predicted molar refractivity (Wildman–Crippen MR) is 146 cm³/mol. The molecule has 0 aliphatic carbocycles. The molecule has 197 valence electrons. The molecule has 3 aromatic rings. The predicted octanol–water partition coefficient (Wildman–Crippen LogP) is 3.01. The molecule has 1 fully saturated rings. The molecule has 2 atom stereocenters. The summed E-state index contributed by atoms with van der Waals surface area (Å²) in [6.45, 7) is 4.00. The van der Waals surface area contributed by atoms with Crippen molar-refractivity contribution >= 4 is 26.9 Å². The summed E-state index contributed by atoms with van der Waals surface area (Å²) >= 11 is 0.750. The second-order valence-electron chi connectivity index (χ2n) is 9.01. The summed E-state index contributed by atoms with van der Waals surface area (Å²) in [5, 5.41) is 13.5. The van der Waals surface area contributed by atoms with Gasteiger partial charge in [-0.2, -0.15) is 5.10 Å². The molecule has 1 radical (unpaired) electrons. The van der Waals surface area contributed by atoms with E-state index in [2.05, 4.69) is 61.2 Å². The Bertz CT molecular complexity index is 1120. The Balaban J connectivity index is 0.00000121. The number of piperazine rings is 1. The Morgan fingerprint density at radius 3 is 2.38 bits per heavy atom. The molecule has 0 bridgehead atoms. The Morgan fingerprint density at radius 1 is 1.11 bits per heavy atom. The van der Waals surface area contributed by atoms with Gasteiger partial charge in [0.2, 0.25) is 0 Å². The van der Waals surface area contributed by atoms with Crippen molar-refractivity contribution in [2.75, 3.05) is 39.7 Å². The number of amides is 1. The lowest BCUT2D eigenvalue weighted by atomic mass is 10.1. The number of hydrogen-bond acceptors (Lipinski definition) is 8. The van der Waals surface area contributed by atoms with Gasteiger partial charge in [-0.15, -0.1) is 11.6 Å². The zero-order valence-corrected chi connectivity index (χ0v) is 23.7. The van der Waals surface area contributed by atoms with Crippen molar-refractivity contribution in [3.63, 3.8) is 0 Å². The number of aromatic amines is 1. The van der Waals surface area contributed by atoms with Crippen LogP contribution in [0.15, 0.2) is 36.7 Å². The van der Waals surface area contributed by atoms with E-state index in [0.29, 0.717) is 23.6 Å². The van der Waals surface area contributed by atoms with Crippen molar-refractivity contribution in [1.82, 2.24) is 30.4 Å². The molecule has 1 aromatic carbocycles. The summed E-state index contributed by atoms with van der Waals surface area (Å²) in [7, 11) is 5.35. The van der Waals surface area contributed by atoms with Gasteiger partial charge < -0.3 is 25.0 Å². The van der Waals surface area contributed by atoms with Gasteiger partial charge in [0.1, 0.15) is 23.1 Å². The van der Waals surface area contributed by atoms with Crippen LogP contribution in [-0.2, 0) is 12.8 Å². The molecule has 1 aliphatic heterocycles. The number of likely N-dealkylation sites (N-methyl/N-ethyl adjacent to an activating group) is 1. The SMILES string of the molecule is COc1cc(CCc2cc(NC(=O)c3cnc(C4NCCN(C)C4C)nc3)[nH]n2)cc(OC)c1.[CH3][Al][CH3]. The second-order valence-corrected chi connectivity index (χ2v) is 10.2. The third kappa shape index (κ3) is 8.01. The Morgan fingerprint density at radius 2 is 1.76 bits per heavy atom. The molecule has 1 saturated heterocycles. The van der Waals surface area contributed by atoms with Gasteiger partial charge in [-0.25, -0.2) is 9.97 Å². The first kappa shape index (κ1) is 28.6. The lowest BCUT2D eigenvalue weighted by Crippen LogP contribution is -2.50. The molecule has 3 heterocycles. The van der Waals surface area contributed by atoms with Gasteiger partial charge in [0.05, 0.1) is 31.5 Å². The largest absolute Gasteiger partial charge is 0.497 e. The maximum absolute atomic E-state index is 12.7. The molecule has 4 rings (SSSR count). The van der Waals surface area contributed by atoms with E-state index in [0.717, 1.165) is 57.5 Å². The van der Waals surface area contributed by atoms with E-state index in [1.165, 1.54) is 0 Å². The smallest absolute Gasteiger partial charge is 0.259 e. The van der Waals surface area contributed by atoms with Crippen LogP contribution in [0.3, 0.4) is 0 Å². The summed E-state index contributed by atoms with van der Waals surface area (Å²) in [6.07, 6.45) is 4.58. The Kier molecular flexibility index (Phi) is 10.9. The van der Waals surface area contributed by atoms with Crippen LogP contribution in [0.25, 0.3) is 0 Å². The minimum Gasteiger partial charge on any atom is -0.497 e. The van der Waals surface area contributed by atoms with Crippen LogP contribution >= 0.6 is 0 Å². The highest BCUT2D eigenvalue weighted by atomic mass is 27.1. The van der Waals surface area contributed by atoms with Crippen molar-refractivity contribution in [2.45, 2.75) is 43.4 Å². The van der Waals surface area contributed by atoms with Crippen LogP contribution in [-0.4, -0.2) is 86.6 Å². The molecule has 2 aromatic heterocycles. The van der Waals surface area contributed by atoms with E-state index in [1.807, 2.05) is 24.3 Å². The first-order valence-corrected chi connectivity index (χ1v) is 14.8. The number of nitrogens with zero attached hydrogens (tertiary/aromatic N) is 4. The normalized spacial score (nSPS) is 17.4. The van der Waals surface area contributed by atoms with Gasteiger partial charge in [0, 0.05) is 43.7 Å². The van der Waals surface area contributed by atoms with Crippen LogP contribution < -0.4 is 20.1 Å². The first-order chi connectivity index (χ1) is 17.9. The number of aromatic nitrogens is 4. The minimum atomic E-state index is -0.291. The number of anilines is 1. The maximum Gasteiger partial charge on any atom is 0.259 e. The molecule has 3 N–H and O–H groups in total. The monoisotopic (exact) mass is 522 g/mol. The van der Waals surface area contributed by atoms with E-state index < -0.39 is 0 Å². The van der Waals surface area contributed by atoms with Crippen LogP contribution in [0.2, 0.25) is 11.6 Å². The van der Waals surface area contributed by atoms with Crippen molar-refractivity contribution in [2.24, 2.45) is 0 Å². The number of carbonyl (C=O) groups is 1. The van der Waals surface area contributed by atoms with Gasteiger partial charge >= 0.3 is 0 Å². The fraction of sp³-hybridized carbons (Fsp3) is 0.462. The fourth-order valence-corrected chi connectivity index (χ4v) is 3.98. The second kappa shape index (κ2) is 14.1. The summed E-state index contributed by atoms with van der Waals surface area (Å²) in [6, 6.07) is 7.93. The lowest BCUT2D eigenvalue weighted by molar-refractivity contribution is 0.102. The molecule has 1 amide bonds. The summed E-state index contributed by atoms with van der Waals surface area (Å²) in [4.78, 5) is 23.8. The van der Waals surface area contributed by atoms with Crippen LogP contribution in [0.1, 0.15) is 40.4 Å². The Hall–Kier alpha value is -2.97. The summed E-state index contributed by atoms with van der Waals surface area (Å²) in [5.74, 6) is 6.84. The third-order valence-electron chi connectivity index (χ3n) is 6.18. The van der Waals surface area contributed by atoms with Crippen LogP contribution in [0.4, 0.5) is 5.82 Å². The summed E-state index contributed by atoms with van der Waals surface area (Å²) < 4.78 is 10.7. The molecular weight excluding hydrogens is 485 g/mol. The number of H-pyrrole nitrogens is 1. The zero-order valence-electron chi connectivity index (χ0n) is 22.5. The number of ether oxygens (including phenoxy) is 2. The van der Waals surface area contributed by atoms with E-state index >= 15 is 0 Å². The third-order valence-corrected chi connectivity index (χ3v) is 6.18. The lowest BCUT2D eigenvalue weighted by Gasteiger charge is -2.36. The quantitative estimate of drug-likeness (QED) is 0.387. The van der Waals surface area contributed by atoms with E-state index in [1.54, 1.807) is 26.6 Å². The van der Waals surface area contributed by atoms with Crippen LogP contribution in [0.5, 0.6) is 11.5 Å². The van der Waals surface area contributed by atoms with Crippen LogP contribution in [0, 0.1) is 0 Å². The number of nitrogens with one attached hydrogen (secondary N) is 3. The highest BCUT2D eigenvalue weighted by Crippen LogP contribution is 2.24. The average molecular weight is 523 g/mol. The molecule has 0 spiro atoms. The van der Waals surface area contributed by atoms with Crippen molar-refractivity contribution < 1.29 is 14.3 Å². The number of methoxy groups -OCH3 is 2. The molecule has 1 aliphatic rings. The van der Waals surface area contributed by atoms with Crippen molar-refractivity contribution in [3.05, 3.63) is 59.3 Å². The number of hydrogen-bond donors (Lipinski definition) is 3. The molecule has 10 nitrogen and oxygen atoms in total. The maximum atomic E-state index is 12.7. The van der Waals surface area contributed by atoms with Crippen molar-refractivity contribution in [3.8, 4) is 11.5 Å². The fourth-order valence-electron chi connectivity index (χ4n) is 3.98. The average Bonchev–Trinajstić information content (AvgIpc) is 3.36. The number of rotatable bonds is 8. The van der Waals surface area contributed by atoms with Gasteiger partial charge in [-0.05, 0) is 44.5 Å². The molecule has 11 heteroatoms. The summed E-state index contributed by atoms with van der Waals surface area (Å²) in [5.41, 5.74) is 2.31. The van der Waals surface area contributed by atoms with Crippen molar-refractivity contribution in [1.29, 1.82) is 0 Å². The van der Waals surface area contributed by atoms with E-state index in [-0.39, 0.29) is 18.0 Å². The van der Waals surface area contributed by atoms with Gasteiger partial charge in [-0.1, -0.05) is 0 Å². The zero-order chi connectivity index (χ0) is 26.8. The first-order valence-electron chi connectivity index (χ1n) is 12.5. The van der Waals surface area contributed by atoms with Gasteiger partial charge in [0.25, 0.3) is 5.91 Å². The number of benzene rings is 1. The number of carbonyl (C=O) groups excluding carboxylic acids is 1. The molecule has 2 unspecified atom stereocenters. The standard InChI is InChI=1S/C24H31N7O3.2CH3.Al/c1-15-22(25-7-8-31(15)2)23-26-13-17(14-27-23)24(32)28-21-11-18(29-30-21)6-5-16-9-19(33-3)12-20(10-16)34-4;;;/h9-15,22,25H,5-8H2,1-4H3,(H2,28,29,30,32);2*1H3;. The molecule has 37 heavy (non-hydrogen) atoms. The van der Waals surface area contributed by atoms with Gasteiger partial charge in [-0.3, -0.25) is 9.89 Å². The Labute approximate surface area is 225 Å². The molecular formula is C26H37AlN7O3. The van der Waals surface area contributed by atoms with E-state index in [4.69, 9.17) is 9.47 Å². The highest BCUT2D eigenvalue weighted by molar-refractivity contribution is 6.31. The van der Waals surface area contributed by atoms with E-state index in [9.17, 15) is 4.79 Å².